The summed E-state index contributed by atoms with van der Waals surface area (Å²) in [4.78, 5) is 21.9. The Balaban J connectivity index is 2.27. The van der Waals surface area contributed by atoms with Crippen molar-refractivity contribution in [3.05, 3.63) is 0 Å². The molecular formula is C8H11NO3. The monoisotopic (exact) mass is 169 g/mol. The summed E-state index contributed by atoms with van der Waals surface area (Å²) < 4.78 is 0. The predicted molar refractivity (Wildman–Crippen MR) is 40.5 cm³/mol. The Bertz CT molecular complexity index is 251. The number of hydrogen-bond acceptors (Lipinski definition) is 2. The molecule has 1 saturated carbocycles. The third-order valence-electron chi connectivity index (χ3n) is 2.88. The van der Waals surface area contributed by atoms with Crippen LogP contribution in [0.2, 0.25) is 0 Å². The van der Waals surface area contributed by atoms with Gasteiger partial charge in [0.1, 0.15) is 5.54 Å². The molecule has 1 aliphatic carbocycles. The lowest BCUT2D eigenvalue weighted by atomic mass is 9.90. The molecule has 2 bridgehead atoms. The molecule has 1 heterocycles. The minimum atomic E-state index is -0.917. The Morgan fingerprint density at radius 3 is 3.08 bits per heavy atom. The zero-order chi connectivity index (χ0) is 8.77. The van der Waals surface area contributed by atoms with Crippen LogP contribution in [0.25, 0.3) is 0 Å². The summed E-state index contributed by atoms with van der Waals surface area (Å²) in [6.07, 6.45) is 2.59. The highest BCUT2D eigenvalue weighted by atomic mass is 16.4. The van der Waals surface area contributed by atoms with Crippen molar-refractivity contribution in [3.63, 3.8) is 0 Å². The fourth-order valence-electron chi connectivity index (χ4n) is 2.26. The normalized spacial score (nSPS) is 39.3. The Morgan fingerprint density at radius 2 is 2.42 bits per heavy atom. The number of nitrogens with one attached hydrogen (secondary N) is 1. The molecule has 2 atom stereocenters. The Labute approximate surface area is 69.9 Å². The molecule has 1 saturated heterocycles. The maximum absolute atomic E-state index is 11.1. The lowest BCUT2D eigenvalue weighted by molar-refractivity contribution is -0.148. The first kappa shape index (κ1) is 7.58. The second kappa shape index (κ2) is 2.21. The molecule has 0 aromatic heterocycles. The van der Waals surface area contributed by atoms with Gasteiger partial charge < -0.3 is 10.4 Å². The minimum Gasteiger partial charge on any atom is -0.480 e. The Kier molecular flexibility index (Phi) is 1.40. The first-order valence-corrected chi connectivity index (χ1v) is 4.17. The van der Waals surface area contributed by atoms with Gasteiger partial charge in [0.2, 0.25) is 5.91 Å². The van der Waals surface area contributed by atoms with Crippen LogP contribution < -0.4 is 5.32 Å². The zero-order valence-electron chi connectivity index (χ0n) is 6.67. The van der Waals surface area contributed by atoms with E-state index in [-0.39, 0.29) is 5.91 Å². The topological polar surface area (TPSA) is 66.4 Å². The summed E-state index contributed by atoms with van der Waals surface area (Å²) >= 11 is 0. The van der Waals surface area contributed by atoms with Gasteiger partial charge in [-0.3, -0.25) is 4.79 Å². The average molecular weight is 169 g/mol. The predicted octanol–water partition coefficient (Wildman–Crippen LogP) is 0.130. The van der Waals surface area contributed by atoms with Gasteiger partial charge in [0.25, 0.3) is 0 Å². The molecule has 0 spiro atoms. The molecule has 1 aliphatic heterocycles. The highest BCUT2D eigenvalue weighted by molar-refractivity contribution is 5.89. The van der Waals surface area contributed by atoms with E-state index in [0.29, 0.717) is 25.2 Å². The van der Waals surface area contributed by atoms with Crippen LogP contribution in [0.5, 0.6) is 0 Å². The van der Waals surface area contributed by atoms with E-state index in [1.165, 1.54) is 0 Å². The number of amides is 1. The number of fused-ring (bicyclic) bond motifs is 2. The molecule has 2 N–H and O–H groups in total. The molecule has 12 heavy (non-hydrogen) atoms. The van der Waals surface area contributed by atoms with Crippen molar-refractivity contribution in [2.75, 3.05) is 0 Å². The van der Waals surface area contributed by atoms with Crippen LogP contribution in [0, 0.1) is 5.92 Å². The molecule has 0 aromatic carbocycles. The number of aliphatic carboxylic acids is 1. The van der Waals surface area contributed by atoms with E-state index in [0.717, 1.165) is 6.42 Å². The summed E-state index contributed by atoms with van der Waals surface area (Å²) in [5.74, 6) is -0.681. The van der Waals surface area contributed by atoms with Crippen molar-refractivity contribution in [1.82, 2.24) is 5.32 Å². The van der Waals surface area contributed by atoms with E-state index in [1.54, 1.807) is 0 Å². The van der Waals surface area contributed by atoms with Crippen molar-refractivity contribution in [1.29, 1.82) is 0 Å². The van der Waals surface area contributed by atoms with Gasteiger partial charge in [0.15, 0.2) is 0 Å². The summed E-state index contributed by atoms with van der Waals surface area (Å²) in [7, 11) is 0. The standard InChI is InChI=1S/C8H11NO3/c10-6-3-5-1-2-8(4-5,9-6)7(11)12/h5H,1-4H2,(H,9,10)(H,11,12)/t5-,8-/m1/s1. The molecule has 2 aliphatic rings. The number of piperidine rings is 1. The summed E-state index contributed by atoms with van der Waals surface area (Å²) in [5, 5.41) is 11.5. The highest BCUT2D eigenvalue weighted by Crippen LogP contribution is 2.39. The van der Waals surface area contributed by atoms with Crippen molar-refractivity contribution < 1.29 is 14.7 Å². The van der Waals surface area contributed by atoms with Crippen LogP contribution in [0.4, 0.5) is 0 Å². The largest absolute Gasteiger partial charge is 0.480 e. The maximum atomic E-state index is 11.1. The van der Waals surface area contributed by atoms with Crippen LogP contribution >= 0.6 is 0 Å². The lowest BCUT2D eigenvalue weighted by Gasteiger charge is -2.29. The van der Waals surface area contributed by atoms with E-state index < -0.39 is 11.5 Å². The molecule has 66 valence electrons. The van der Waals surface area contributed by atoms with Gasteiger partial charge >= 0.3 is 5.97 Å². The molecule has 4 nitrogen and oxygen atoms in total. The van der Waals surface area contributed by atoms with Crippen LogP contribution in [-0.2, 0) is 9.59 Å². The fourth-order valence-corrected chi connectivity index (χ4v) is 2.26. The quantitative estimate of drug-likeness (QED) is 0.586. The number of carboxylic acid groups (broad SMARTS) is 1. The molecular weight excluding hydrogens is 158 g/mol. The molecule has 2 fully saturated rings. The average Bonchev–Trinajstić information content (AvgIpc) is 2.28. The van der Waals surface area contributed by atoms with Crippen LogP contribution in [0.3, 0.4) is 0 Å². The smallest absolute Gasteiger partial charge is 0.329 e. The fraction of sp³-hybridized carbons (Fsp3) is 0.750. The molecule has 4 heteroatoms. The van der Waals surface area contributed by atoms with Crippen LogP contribution in [0.15, 0.2) is 0 Å². The van der Waals surface area contributed by atoms with E-state index >= 15 is 0 Å². The molecule has 2 rings (SSSR count). The van der Waals surface area contributed by atoms with Gasteiger partial charge in [0, 0.05) is 6.42 Å². The van der Waals surface area contributed by atoms with E-state index in [2.05, 4.69) is 5.32 Å². The van der Waals surface area contributed by atoms with Crippen molar-refractivity contribution in [3.8, 4) is 0 Å². The van der Waals surface area contributed by atoms with Gasteiger partial charge in [-0.05, 0) is 25.2 Å². The van der Waals surface area contributed by atoms with Crippen molar-refractivity contribution in [2.24, 2.45) is 5.92 Å². The zero-order valence-corrected chi connectivity index (χ0v) is 6.67. The Hall–Kier alpha value is -1.06. The lowest BCUT2D eigenvalue weighted by Crippen LogP contribution is -2.55. The van der Waals surface area contributed by atoms with Gasteiger partial charge in [-0.25, -0.2) is 4.79 Å². The second-order valence-corrected chi connectivity index (χ2v) is 3.75. The number of carboxylic acids is 1. The van der Waals surface area contributed by atoms with Crippen molar-refractivity contribution in [2.45, 2.75) is 31.2 Å². The van der Waals surface area contributed by atoms with E-state index in [4.69, 9.17) is 5.11 Å². The van der Waals surface area contributed by atoms with Gasteiger partial charge in [-0.15, -0.1) is 0 Å². The molecule has 0 unspecified atom stereocenters. The summed E-state index contributed by atoms with van der Waals surface area (Å²) in [6.45, 7) is 0. The van der Waals surface area contributed by atoms with Crippen LogP contribution in [-0.4, -0.2) is 22.5 Å². The van der Waals surface area contributed by atoms with Crippen molar-refractivity contribution >= 4 is 11.9 Å². The first-order valence-electron chi connectivity index (χ1n) is 4.17. The number of hydrogen-bond donors (Lipinski definition) is 2. The third-order valence-corrected chi connectivity index (χ3v) is 2.88. The van der Waals surface area contributed by atoms with Gasteiger partial charge in [-0.1, -0.05) is 0 Å². The minimum absolute atomic E-state index is 0.105. The molecule has 1 amide bonds. The first-order chi connectivity index (χ1) is 5.62. The number of carbonyl (C=O) groups is 2. The summed E-state index contributed by atoms with van der Waals surface area (Å²) in [6, 6.07) is 0. The molecule has 0 radical (unpaired) electrons. The maximum Gasteiger partial charge on any atom is 0.329 e. The van der Waals surface area contributed by atoms with E-state index in [9.17, 15) is 9.59 Å². The third kappa shape index (κ3) is 0.906. The highest BCUT2D eigenvalue weighted by Gasteiger charge is 2.50. The van der Waals surface area contributed by atoms with Crippen LogP contribution in [0.1, 0.15) is 25.7 Å². The molecule has 0 aromatic rings. The second-order valence-electron chi connectivity index (χ2n) is 3.75. The van der Waals surface area contributed by atoms with Gasteiger partial charge in [0.05, 0.1) is 0 Å². The number of carbonyl (C=O) groups excluding carboxylic acids is 1. The SMILES string of the molecule is O=C1C[C@H]2CC[C@](C(=O)O)(C2)N1. The van der Waals surface area contributed by atoms with E-state index in [1.807, 2.05) is 0 Å². The summed E-state index contributed by atoms with van der Waals surface area (Å²) in [5.41, 5.74) is -0.917. The Morgan fingerprint density at radius 1 is 1.67 bits per heavy atom. The van der Waals surface area contributed by atoms with Gasteiger partial charge in [-0.2, -0.15) is 0 Å². The number of rotatable bonds is 1.